The molecule has 0 unspecified atom stereocenters. The van der Waals surface area contributed by atoms with Gasteiger partial charge in [0.25, 0.3) is 0 Å². The van der Waals surface area contributed by atoms with Gasteiger partial charge in [0.05, 0.1) is 0 Å². The first-order chi connectivity index (χ1) is 5.86. The second kappa shape index (κ2) is 4.49. The molecule has 1 fully saturated rings. The normalized spacial score (nSPS) is 21.1. The van der Waals surface area contributed by atoms with E-state index in [0.717, 1.165) is 12.2 Å². The van der Waals surface area contributed by atoms with Gasteiger partial charge in [-0.15, -0.1) is 12.4 Å². The Kier molecular flexibility index (Phi) is 3.58. The molecule has 1 saturated heterocycles. The second-order valence-electron chi connectivity index (χ2n) is 3.32. The van der Waals surface area contributed by atoms with Crippen LogP contribution in [0.25, 0.3) is 0 Å². The van der Waals surface area contributed by atoms with Crippen molar-refractivity contribution >= 4 is 18.1 Å². The third-order valence-corrected chi connectivity index (χ3v) is 2.37. The average molecular weight is 199 g/mol. The van der Waals surface area contributed by atoms with Crippen molar-refractivity contribution in [3.8, 4) is 0 Å². The van der Waals surface area contributed by atoms with Crippen LogP contribution in [0, 0.1) is 0 Å². The summed E-state index contributed by atoms with van der Waals surface area (Å²) < 4.78 is 0. The quantitative estimate of drug-likeness (QED) is 0.679. The Labute approximate surface area is 84.9 Å². The predicted octanol–water partition coefficient (Wildman–Crippen LogP) is 2.12. The van der Waals surface area contributed by atoms with Gasteiger partial charge in [0.15, 0.2) is 0 Å². The monoisotopic (exact) mass is 198 g/mol. The van der Waals surface area contributed by atoms with Crippen LogP contribution < -0.4 is 11.1 Å². The molecular formula is C10H15ClN2. The minimum Gasteiger partial charge on any atom is -0.399 e. The summed E-state index contributed by atoms with van der Waals surface area (Å²) in [4.78, 5) is 0. The summed E-state index contributed by atoms with van der Waals surface area (Å²) in [6.45, 7) is 1.14. The zero-order valence-corrected chi connectivity index (χ0v) is 8.31. The van der Waals surface area contributed by atoms with Crippen molar-refractivity contribution < 1.29 is 0 Å². The molecule has 0 aliphatic carbocycles. The molecule has 1 aromatic carbocycles. The number of nitrogen functional groups attached to an aromatic ring is 1. The Bertz CT molecular complexity index is 269. The molecule has 2 nitrogen and oxygen atoms in total. The van der Waals surface area contributed by atoms with Gasteiger partial charge in [0.2, 0.25) is 0 Å². The Hall–Kier alpha value is -0.730. The van der Waals surface area contributed by atoms with Crippen LogP contribution in [-0.4, -0.2) is 6.54 Å². The maximum atomic E-state index is 5.70. The van der Waals surface area contributed by atoms with E-state index in [0.29, 0.717) is 6.04 Å². The van der Waals surface area contributed by atoms with Crippen LogP contribution >= 0.6 is 12.4 Å². The van der Waals surface area contributed by atoms with E-state index in [1.807, 2.05) is 12.1 Å². The highest BCUT2D eigenvalue weighted by atomic mass is 35.5. The largest absolute Gasteiger partial charge is 0.399 e. The van der Waals surface area contributed by atoms with Crippen molar-refractivity contribution in [3.63, 3.8) is 0 Å². The highest BCUT2D eigenvalue weighted by molar-refractivity contribution is 5.85. The van der Waals surface area contributed by atoms with Crippen molar-refractivity contribution in [2.75, 3.05) is 12.3 Å². The van der Waals surface area contributed by atoms with E-state index in [2.05, 4.69) is 17.4 Å². The number of rotatable bonds is 1. The molecule has 0 radical (unpaired) electrons. The van der Waals surface area contributed by atoms with E-state index >= 15 is 0 Å². The van der Waals surface area contributed by atoms with Gasteiger partial charge in [-0.1, -0.05) is 12.1 Å². The lowest BCUT2D eigenvalue weighted by atomic mass is 10.1. The van der Waals surface area contributed by atoms with Gasteiger partial charge in [-0.3, -0.25) is 0 Å². The molecule has 72 valence electrons. The number of nitrogens with two attached hydrogens (primary N) is 1. The molecule has 13 heavy (non-hydrogen) atoms. The maximum absolute atomic E-state index is 5.70. The van der Waals surface area contributed by atoms with Gasteiger partial charge < -0.3 is 11.1 Å². The highest BCUT2D eigenvalue weighted by Crippen LogP contribution is 2.23. The summed E-state index contributed by atoms with van der Waals surface area (Å²) in [5.41, 5.74) is 7.89. The summed E-state index contributed by atoms with van der Waals surface area (Å²) in [5.74, 6) is 0. The van der Waals surface area contributed by atoms with Gasteiger partial charge in [0, 0.05) is 11.7 Å². The van der Waals surface area contributed by atoms with Gasteiger partial charge in [-0.25, -0.2) is 0 Å². The fourth-order valence-corrected chi connectivity index (χ4v) is 1.74. The molecule has 1 aliphatic rings. The number of hydrogen-bond donors (Lipinski definition) is 2. The average Bonchev–Trinajstić information content (AvgIpc) is 2.56. The van der Waals surface area contributed by atoms with E-state index in [9.17, 15) is 0 Å². The SMILES string of the molecule is Cl.Nc1cccc([C@@H]2CCCN2)c1. The van der Waals surface area contributed by atoms with Gasteiger partial charge in [-0.2, -0.15) is 0 Å². The van der Waals surface area contributed by atoms with E-state index in [1.54, 1.807) is 0 Å². The summed E-state index contributed by atoms with van der Waals surface area (Å²) in [5, 5.41) is 3.44. The molecule has 0 bridgehead atoms. The minimum absolute atomic E-state index is 0. The maximum Gasteiger partial charge on any atom is 0.0321 e. The fourth-order valence-electron chi connectivity index (χ4n) is 1.74. The summed E-state index contributed by atoms with van der Waals surface area (Å²) in [6.07, 6.45) is 2.52. The van der Waals surface area contributed by atoms with Crippen molar-refractivity contribution in [2.24, 2.45) is 0 Å². The van der Waals surface area contributed by atoms with Crippen LogP contribution in [0.5, 0.6) is 0 Å². The Morgan fingerprint density at radius 2 is 2.23 bits per heavy atom. The number of halogens is 1. The molecule has 0 aromatic heterocycles. The Morgan fingerprint density at radius 3 is 2.85 bits per heavy atom. The zero-order valence-electron chi connectivity index (χ0n) is 7.49. The smallest absolute Gasteiger partial charge is 0.0321 e. The van der Waals surface area contributed by atoms with Crippen molar-refractivity contribution in [3.05, 3.63) is 29.8 Å². The lowest BCUT2D eigenvalue weighted by Crippen LogP contribution is -2.12. The Balaban J connectivity index is 0.000000845. The van der Waals surface area contributed by atoms with E-state index in [1.165, 1.54) is 18.4 Å². The lowest BCUT2D eigenvalue weighted by Gasteiger charge is -2.10. The van der Waals surface area contributed by atoms with Crippen LogP contribution in [0.1, 0.15) is 24.4 Å². The van der Waals surface area contributed by atoms with Crippen molar-refractivity contribution in [1.82, 2.24) is 5.32 Å². The first kappa shape index (κ1) is 10.4. The fraction of sp³-hybridized carbons (Fsp3) is 0.400. The molecule has 1 aromatic rings. The lowest BCUT2D eigenvalue weighted by molar-refractivity contribution is 0.648. The third kappa shape index (κ3) is 2.36. The standard InChI is InChI=1S/C10H14N2.ClH/c11-9-4-1-3-8(7-9)10-5-2-6-12-10;/h1,3-4,7,10,12H,2,5-6,11H2;1H/t10-;/m0./s1. The molecule has 0 spiro atoms. The van der Waals surface area contributed by atoms with E-state index in [4.69, 9.17) is 5.73 Å². The second-order valence-corrected chi connectivity index (χ2v) is 3.32. The van der Waals surface area contributed by atoms with Crippen LogP contribution in [0.15, 0.2) is 24.3 Å². The molecule has 2 rings (SSSR count). The highest BCUT2D eigenvalue weighted by Gasteiger charge is 2.15. The van der Waals surface area contributed by atoms with Gasteiger partial charge in [0.1, 0.15) is 0 Å². The number of anilines is 1. The van der Waals surface area contributed by atoms with E-state index in [-0.39, 0.29) is 12.4 Å². The van der Waals surface area contributed by atoms with Gasteiger partial charge in [-0.05, 0) is 37.1 Å². The summed E-state index contributed by atoms with van der Waals surface area (Å²) >= 11 is 0. The van der Waals surface area contributed by atoms with Crippen molar-refractivity contribution in [2.45, 2.75) is 18.9 Å². The molecular weight excluding hydrogens is 184 g/mol. The number of nitrogens with one attached hydrogen (secondary N) is 1. The molecule has 3 N–H and O–H groups in total. The van der Waals surface area contributed by atoms with Crippen LogP contribution in [-0.2, 0) is 0 Å². The molecule has 0 amide bonds. The molecule has 1 atom stereocenters. The van der Waals surface area contributed by atoms with Crippen LogP contribution in [0.3, 0.4) is 0 Å². The summed E-state index contributed by atoms with van der Waals surface area (Å²) in [7, 11) is 0. The Morgan fingerprint density at radius 1 is 1.38 bits per heavy atom. The van der Waals surface area contributed by atoms with Gasteiger partial charge >= 0.3 is 0 Å². The molecule has 1 aliphatic heterocycles. The predicted molar refractivity (Wildman–Crippen MR) is 58.1 cm³/mol. The minimum atomic E-state index is 0. The topological polar surface area (TPSA) is 38.0 Å². The van der Waals surface area contributed by atoms with Crippen LogP contribution in [0.2, 0.25) is 0 Å². The first-order valence-electron chi connectivity index (χ1n) is 4.45. The summed E-state index contributed by atoms with van der Waals surface area (Å²) in [6, 6.07) is 8.68. The molecule has 0 saturated carbocycles. The van der Waals surface area contributed by atoms with Crippen LogP contribution in [0.4, 0.5) is 5.69 Å². The number of benzene rings is 1. The molecule has 3 heteroatoms. The van der Waals surface area contributed by atoms with E-state index < -0.39 is 0 Å². The van der Waals surface area contributed by atoms with Crippen molar-refractivity contribution in [1.29, 1.82) is 0 Å². The molecule has 1 heterocycles. The third-order valence-electron chi connectivity index (χ3n) is 2.37. The first-order valence-corrected chi connectivity index (χ1v) is 4.45. The number of hydrogen-bond acceptors (Lipinski definition) is 2. The zero-order chi connectivity index (χ0) is 8.39.